The first kappa shape index (κ1) is 13.7. The second-order valence-electron chi connectivity index (χ2n) is 4.34. The summed E-state index contributed by atoms with van der Waals surface area (Å²) in [5.74, 6) is 0.418. The van der Waals surface area contributed by atoms with Crippen molar-refractivity contribution >= 4 is 5.91 Å². The van der Waals surface area contributed by atoms with Crippen molar-refractivity contribution in [1.82, 2.24) is 15.1 Å². The van der Waals surface area contributed by atoms with Crippen molar-refractivity contribution in [3.05, 3.63) is 18.0 Å². The maximum atomic E-state index is 11.8. The molecule has 0 spiro atoms. The maximum Gasteiger partial charge on any atom is 0.254 e. The molecule has 0 aromatic carbocycles. The molecular formula is C12H22N4O. The van der Waals surface area contributed by atoms with Crippen molar-refractivity contribution in [1.29, 1.82) is 0 Å². The van der Waals surface area contributed by atoms with Crippen molar-refractivity contribution < 1.29 is 4.79 Å². The molecule has 1 atom stereocenters. The molecule has 5 heteroatoms. The zero-order chi connectivity index (χ0) is 12.7. The minimum Gasteiger partial charge on any atom is -0.352 e. The lowest BCUT2D eigenvalue weighted by Gasteiger charge is -2.15. The van der Waals surface area contributed by atoms with E-state index in [-0.39, 0.29) is 5.91 Å². The Morgan fingerprint density at radius 2 is 2.35 bits per heavy atom. The van der Waals surface area contributed by atoms with E-state index in [2.05, 4.69) is 17.3 Å². The predicted octanol–water partition coefficient (Wildman–Crippen LogP) is 0.915. The fourth-order valence-corrected chi connectivity index (χ4v) is 1.87. The van der Waals surface area contributed by atoms with E-state index in [1.54, 1.807) is 24.1 Å². The molecule has 0 saturated carbocycles. The van der Waals surface area contributed by atoms with Crippen LogP contribution in [0.25, 0.3) is 0 Å². The summed E-state index contributed by atoms with van der Waals surface area (Å²) in [4.78, 5) is 11.8. The van der Waals surface area contributed by atoms with Crippen LogP contribution in [0, 0.1) is 5.92 Å². The quantitative estimate of drug-likeness (QED) is 0.741. The van der Waals surface area contributed by atoms with E-state index in [9.17, 15) is 4.79 Å². The Bertz CT molecular complexity index is 342. The Hall–Kier alpha value is -1.36. The molecule has 0 aliphatic rings. The lowest BCUT2D eigenvalue weighted by atomic mass is 10.00. The van der Waals surface area contributed by atoms with Gasteiger partial charge in [0.25, 0.3) is 5.91 Å². The fraction of sp³-hybridized carbons (Fsp3) is 0.667. The van der Waals surface area contributed by atoms with Crippen LogP contribution in [0.1, 0.15) is 36.5 Å². The van der Waals surface area contributed by atoms with Crippen molar-refractivity contribution in [3.8, 4) is 0 Å². The van der Waals surface area contributed by atoms with Gasteiger partial charge in [0.2, 0.25) is 0 Å². The van der Waals surface area contributed by atoms with Crippen LogP contribution in [0.3, 0.4) is 0 Å². The number of nitrogens with one attached hydrogen (secondary N) is 1. The molecule has 1 aromatic heterocycles. The van der Waals surface area contributed by atoms with Gasteiger partial charge in [0, 0.05) is 19.8 Å². The van der Waals surface area contributed by atoms with Gasteiger partial charge in [-0.3, -0.25) is 9.48 Å². The minimum absolute atomic E-state index is 0.0591. The predicted molar refractivity (Wildman–Crippen MR) is 67.6 cm³/mol. The second-order valence-corrected chi connectivity index (χ2v) is 4.34. The van der Waals surface area contributed by atoms with E-state index in [4.69, 9.17) is 5.73 Å². The van der Waals surface area contributed by atoms with Crippen LogP contribution in [0.5, 0.6) is 0 Å². The van der Waals surface area contributed by atoms with Gasteiger partial charge in [-0.25, -0.2) is 0 Å². The molecular weight excluding hydrogens is 216 g/mol. The summed E-state index contributed by atoms with van der Waals surface area (Å²) in [6.07, 6.45) is 6.47. The summed E-state index contributed by atoms with van der Waals surface area (Å²) < 4.78 is 1.62. The van der Waals surface area contributed by atoms with Crippen molar-refractivity contribution in [2.75, 3.05) is 13.1 Å². The number of carbonyl (C=O) groups excluding carboxylic acids is 1. The normalized spacial score (nSPS) is 12.4. The number of aryl methyl sites for hydroxylation is 1. The zero-order valence-corrected chi connectivity index (χ0v) is 10.6. The molecule has 17 heavy (non-hydrogen) atoms. The Balaban J connectivity index is 2.40. The number of nitrogens with two attached hydrogens (primary N) is 1. The molecule has 1 aromatic rings. The first-order valence-electron chi connectivity index (χ1n) is 6.14. The van der Waals surface area contributed by atoms with Gasteiger partial charge in [0.1, 0.15) is 0 Å². The van der Waals surface area contributed by atoms with Crippen molar-refractivity contribution in [2.45, 2.75) is 26.2 Å². The van der Waals surface area contributed by atoms with Gasteiger partial charge in [-0.15, -0.1) is 0 Å². The van der Waals surface area contributed by atoms with Crippen molar-refractivity contribution in [3.63, 3.8) is 0 Å². The highest BCUT2D eigenvalue weighted by Crippen LogP contribution is 2.09. The second kappa shape index (κ2) is 7.06. The van der Waals surface area contributed by atoms with Crippen LogP contribution in [0.4, 0.5) is 0 Å². The topological polar surface area (TPSA) is 72.9 Å². The van der Waals surface area contributed by atoms with Crippen LogP contribution < -0.4 is 11.1 Å². The third kappa shape index (κ3) is 4.56. The summed E-state index contributed by atoms with van der Waals surface area (Å²) in [6, 6.07) is 0. The SMILES string of the molecule is CCCC(CCN)CNC(=O)c1cnn(C)c1. The summed E-state index contributed by atoms with van der Waals surface area (Å²) in [6.45, 7) is 3.51. The summed E-state index contributed by atoms with van der Waals surface area (Å²) in [5.41, 5.74) is 6.16. The molecule has 1 amide bonds. The number of aromatic nitrogens is 2. The number of hydrogen-bond acceptors (Lipinski definition) is 3. The van der Waals surface area contributed by atoms with Crippen LogP contribution in [0.15, 0.2) is 12.4 Å². The van der Waals surface area contributed by atoms with E-state index in [0.717, 1.165) is 19.3 Å². The lowest BCUT2D eigenvalue weighted by Crippen LogP contribution is -2.30. The largest absolute Gasteiger partial charge is 0.352 e. The number of amides is 1. The number of nitrogens with zero attached hydrogens (tertiary/aromatic N) is 2. The van der Waals surface area contributed by atoms with Crippen molar-refractivity contribution in [2.24, 2.45) is 18.7 Å². The van der Waals surface area contributed by atoms with Gasteiger partial charge in [-0.2, -0.15) is 5.10 Å². The molecule has 0 fully saturated rings. The average molecular weight is 238 g/mol. The summed E-state index contributed by atoms with van der Waals surface area (Å²) in [7, 11) is 1.80. The van der Waals surface area contributed by atoms with Gasteiger partial charge < -0.3 is 11.1 Å². The van der Waals surface area contributed by atoms with E-state index in [1.165, 1.54) is 0 Å². The number of rotatable bonds is 7. The molecule has 5 nitrogen and oxygen atoms in total. The third-order valence-corrected chi connectivity index (χ3v) is 2.79. The maximum absolute atomic E-state index is 11.8. The third-order valence-electron chi connectivity index (χ3n) is 2.79. The smallest absolute Gasteiger partial charge is 0.254 e. The standard InChI is InChI=1S/C12H22N4O/c1-3-4-10(5-6-13)7-14-12(17)11-8-15-16(2)9-11/h8-10H,3-7,13H2,1-2H3,(H,14,17). The van der Waals surface area contributed by atoms with E-state index in [0.29, 0.717) is 24.6 Å². The fourth-order valence-electron chi connectivity index (χ4n) is 1.87. The van der Waals surface area contributed by atoms with Crippen LogP contribution >= 0.6 is 0 Å². The number of carbonyl (C=O) groups is 1. The van der Waals surface area contributed by atoms with Gasteiger partial charge in [0.15, 0.2) is 0 Å². The molecule has 1 heterocycles. The van der Waals surface area contributed by atoms with Gasteiger partial charge in [-0.1, -0.05) is 13.3 Å². The Morgan fingerprint density at radius 1 is 1.59 bits per heavy atom. The monoisotopic (exact) mass is 238 g/mol. The minimum atomic E-state index is -0.0591. The Morgan fingerprint density at radius 3 is 2.88 bits per heavy atom. The first-order valence-corrected chi connectivity index (χ1v) is 6.14. The average Bonchev–Trinajstić information content (AvgIpc) is 2.73. The molecule has 1 unspecified atom stereocenters. The highest BCUT2D eigenvalue weighted by Gasteiger charge is 2.11. The molecule has 0 bridgehead atoms. The highest BCUT2D eigenvalue weighted by molar-refractivity contribution is 5.93. The molecule has 1 rings (SSSR count). The first-order chi connectivity index (χ1) is 8.17. The van der Waals surface area contributed by atoms with Gasteiger partial charge >= 0.3 is 0 Å². The number of hydrogen-bond donors (Lipinski definition) is 2. The summed E-state index contributed by atoms with van der Waals surface area (Å²) in [5, 5.41) is 6.91. The van der Waals surface area contributed by atoms with Crippen LogP contribution in [0.2, 0.25) is 0 Å². The molecule has 0 aliphatic carbocycles. The molecule has 3 N–H and O–H groups in total. The zero-order valence-electron chi connectivity index (χ0n) is 10.6. The Kier molecular flexibility index (Phi) is 5.69. The Labute approximate surface area is 102 Å². The molecule has 0 radical (unpaired) electrons. The van der Waals surface area contributed by atoms with Crippen LogP contribution in [-0.4, -0.2) is 28.8 Å². The van der Waals surface area contributed by atoms with Gasteiger partial charge in [0.05, 0.1) is 11.8 Å². The van der Waals surface area contributed by atoms with E-state index in [1.807, 2.05) is 0 Å². The molecule has 0 aliphatic heterocycles. The van der Waals surface area contributed by atoms with E-state index >= 15 is 0 Å². The van der Waals surface area contributed by atoms with Gasteiger partial charge in [-0.05, 0) is 25.3 Å². The molecule has 96 valence electrons. The highest BCUT2D eigenvalue weighted by atomic mass is 16.1. The van der Waals surface area contributed by atoms with E-state index < -0.39 is 0 Å². The van der Waals surface area contributed by atoms with Crippen LogP contribution in [-0.2, 0) is 7.05 Å². The lowest BCUT2D eigenvalue weighted by molar-refractivity contribution is 0.0945. The molecule has 0 saturated heterocycles. The summed E-state index contributed by atoms with van der Waals surface area (Å²) >= 11 is 0.